The average molecular weight is 427 g/mol. The van der Waals surface area contributed by atoms with Crippen LogP contribution in [-0.4, -0.2) is 37.1 Å². The molecule has 0 aromatic heterocycles. The fourth-order valence-electron chi connectivity index (χ4n) is 3.47. The van der Waals surface area contributed by atoms with Gasteiger partial charge in [0.05, 0.1) is 36.2 Å². The van der Waals surface area contributed by atoms with E-state index in [9.17, 15) is 14.4 Å². The first-order valence-corrected chi connectivity index (χ1v) is 10.1. The van der Waals surface area contributed by atoms with Gasteiger partial charge in [0.1, 0.15) is 6.54 Å². The summed E-state index contributed by atoms with van der Waals surface area (Å²) in [4.78, 5) is 43.6. The van der Waals surface area contributed by atoms with Crippen LogP contribution in [0, 0.1) is 0 Å². The number of ether oxygens (including phenoxy) is 1. The molecule has 0 bridgehead atoms. The SMILES string of the molecule is COC(=O)c1ccc(NC(=O)CN2C(=O)CC(c3ccccc3)=Nc3ccccc32)cc1. The lowest BCUT2D eigenvalue weighted by Gasteiger charge is -2.22. The molecule has 2 amide bonds. The number of nitrogens with one attached hydrogen (secondary N) is 1. The Bertz CT molecular complexity index is 1190. The number of aliphatic imine (C=N–C) groups is 1. The zero-order chi connectivity index (χ0) is 22.5. The number of amides is 2. The van der Waals surface area contributed by atoms with E-state index in [4.69, 9.17) is 4.99 Å². The number of hydrogen-bond donors (Lipinski definition) is 1. The quantitative estimate of drug-likeness (QED) is 0.624. The van der Waals surface area contributed by atoms with Gasteiger partial charge in [0, 0.05) is 5.69 Å². The number of benzene rings is 3. The number of carbonyl (C=O) groups is 3. The van der Waals surface area contributed by atoms with Crippen LogP contribution in [0.4, 0.5) is 17.1 Å². The standard InChI is InChI=1S/C25H21N3O4/c1-32-25(31)18-11-13-19(14-12-18)26-23(29)16-28-22-10-6-5-9-20(22)27-21(15-24(28)30)17-7-3-2-4-8-17/h2-14H,15-16H2,1H3,(H,26,29). The van der Waals surface area contributed by atoms with Crippen molar-refractivity contribution >= 4 is 40.6 Å². The van der Waals surface area contributed by atoms with Gasteiger partial charge in [0.25, 0.3) is 0 Å². The van der Waals surface area contributed by atoms with Gasteiger partial charge < -0.3 is 15.0 Å². The van der Waals surface area contributed by atoms with Gasteiger partial charge in [0.15, 0.2) is 0 Å². The Balaban J connectivity index is 1.54. The van der Waals surface area contributed by atoms with Crippen LogP contribution in [0.3, 0.4) is 0 Å². The molecule has 3 aromatic carbocycles. The van der Waals surface area contributed by atoms with Crippen LogP contribution in [0.25, 0.3) is 0 Å². The van der Waals surface area contributed by atoms with Crippen LogP contribution in [-0.2, 0) is 14.3 Å². The number of nitrogens with zero attached hydrogens (tertiary/aromatic N) is 2. The van der Waals surface area contributed by atoms with Crippen molar-refractivity contribution in [1.82, 2.24) is 0 Å². The third-order valence-corrected chi connectivity index (χ3v) is 5.05. The second-order valence-corrected chi connectivity index (χ2v) is 7.19. The Hall–Kier alpha value is -4.26. The van der Waals surface area contributed by atoms with Gasteiger partial charge in [-0.05, 0) is 42.0 Å². The van der Waals surface area contributed by atoms with Crippen molar-refractivity contribution in [3.8, 4) is 0 Å². The number of methoxy groups -OCH3 is 1. The van der Waals surface area contributed by atoms with Gasteiger partial charge >= 0.3 is 5.97 Å². The predicted molar refractivity (Wildman–Crippen MR) is 122 cm³/mol. The molecular formula is C25H21N3O4. The maximum Gasteiger partial charge on any atom is 0.337 e. The molecule has 0 unspecified atom stereocenters. The topological polar surface area (TPSA) is 88.1 Å². The van der Waals surface area contributed by atoms with Crippen molar-refractivity contribution in [3.05, 3.63) is 90.0 Å². The monoisotopic (exact) mass is 427 g/mol. The number of carbonyl (C=O) groups excluding carboxylic acids is 3. The number of hydrogen-bond acceptors (Lipinski definition) is 5. The highest BCUT2D eigenvalue weighted by atomic mass is 16.5. The second-order valence-electron chi connectivity index (χ2n) is 7.19. The Kier molecular flexibility index (Phi) is 6.07. The van der Waals surface area contributed by atoms with Crippen molar-refractivity contribution in [2.45, 2.75) is 6.42 Å². The van der Waals surface area contributed by atoms with Crippen molar-refractivity contribution < 1.29 is 19.1 Å². The minimum Gasteiger partial charge on any atom is -0.465 e. The van der Waals surface area contributed by atoms with Gasteiger partial charge in [-0.15, -0.1) is 0 Å². The minimum atomic E-state index is -0.455. The van der Waals surface area contributed by atoms with Crippen LogP contribution in [0.5, 0.6) is 0 Å². The van der Waals surface area contributed by atoms with E-state index in [1.807, 2.05) is 48.5 Å². The fraction of sp³-hybridized carbons (Fsp3) is 0.120. The van der Waals surface area contributed by atoms with Gasteiger partial charge in [-0.1, -0.05) is 42.5 Å². The summed E-state index contributed by atoms with van der Waals surface area (Å²) in [7, 11) is 1.31. The maximum atomic E-state index is 13.1. The molecule has 3 aromatic rings. The number of fused-ring (bicyclic) bond motifs is 1. The van der Waals surface area contributed by atoms with E-state index in [2.05, 4.69) is 10.1 Å². The summed E-state index contributed by atoms with van der Waals surface area (Å²) in [6, 6.07) is 23.1. The molecule has 160 valence electrons. The highest BCUT2D eigenvalue weighted by molar-refractivity contribution is 6.19. The van der Waals surface area contributed by atoms with Gasteiger partial charge in [-0.2, -0.15) is 0 Å². The summed E-state index contributed by atoms with van der Waals surface area (Å²) in [6.07, 6.45) is 0.0831. The van der Waals surface area contributed by atoms with Crippen molar-refractivity contribution in [1.29, 1.82) is 0 Å². The van der Waals surface area contributed by atoms with E-state index >= 15 is 0 Å². The molecule has 4 rings (SSSR count). The lowest BCUT2D eigenvalue weighted by Crippen LogP contribution is -2.38. The zero-order valence-electron chi connectivity index (χ0n) is 17.4. The van der Waals surface area contributed by atoms with Crippen molar-refractivity contribution in [2.24, 2.45) is 4.99 Å². The predicted octanol–water partition coefficient (Wildman–Crippen LogP) is 3.97. The van der Waals surface area contributed by atoms with Crippen molar-refractivity contribution in [3.63, 3.8) is 0 Å². The molecule has 0 atom stereocenters. The smallest absolute Gasteiger partial charge is 0.337 e. The molecule has 1 heterocycles. The molecular weight excluding hydrogens is 406 g/mol. The number of rotatable bonds is 5. The number of para-hydroxylation sites is 2. The fourth-order valence-corrected chi connectivity index (χ4v) is 3.47. The van der Waals surface area contributed by atoms with E-state index in [0.29, 0.717) is 28.3 Å². The molecule has 7 heteroatoms. The lowest BCUT2D eigenvalue weighted by molar-refractivity contribution is -0.120. The van der Waals surface area contributed by atoms with Gasteiger partial charge in [-0.25, -0.2) is 4.79 Å². The largest absolute Gasteiger partial charge is 0.465 e. The van der Waals surface area contributed by atoms with Crippen LogP contribution < -0.4 is 10.2 Å². The normalized spacial score (nSPS) is 13.0. The third kappa shape index (κ3) is 4.57. The highest BCUT2D eigenvalue weighted by Crippen LogP contribution is 2.32. The molecule has 1 aliphatic heterocycles. The van der Waals surface area contributed by atoms with E-state index in [1.165, 1.54) is 12.0 Å². The van der Waals surface area contributed by atoms with E-state index in [0.717, 1.165) is 5.56 Å². The average Bonchev–Trinajstić information content (AvgIpc) is 2.96. The van der Waals surface area contributed by atoms with Gasteiger partial charge in [0.2, 0.25) is 11.8 Å². The Labute approximate surface area is 185 Å². The first-order valence-electron chi connectivity index (χ1n) is 10.1. The molecule has 7 nitrogen and oxygen atoms in total. The van der Waals surface area contributed by atoms with Crippen LogP contribution in [0.1, 0.15) is 22.3 Å². The molecule has 0 spiro atoms. The first kappa shape index (κ1) is 21.0. The Morgan fingerprint density at radius 1 is 0.969 bits per heavy atom. The highest BCUT2D eigenvalue weighted by Gasteiger charge is 2.26. The molecule has 0 radical (unpaired) electrons. The second kappa shape index (κ2) is 9.26. The Morgan fingerprint density at radius 2 is 1.66 bits per heavy atom. The molecule has 32 heavy (non-hydrogen) atoms. The zero-order valence-corrected chi connectivity index (χ0v) is 17.4. The molecule has 0 fully saturated rings. The molecule has 1 N–H and O–H groups in total. The van der Waals surface area contributed by atoms with Crippen molar-refractivity contribution in [2.75, 3.05) is 23.9 Å². The van der Waals surface area contributed by atoms with Crippen LogP contribution in [0.15, 0.2) is 83.9 Å². The van der Waals surface area contributed by atoms with Gasteiger partial charge in [-0.3, -0.25) is 14.6 Å². The molecule has 1 aliphatic rings. The maximum absolute atomic E-state index is 13.1. The van der Waals surface area contributed by atoms with Crippen LogP contribution >= 0.6 is 0 Å². The van der Waals surface area contributed by atoms with E-state index < -0.39 is 5.97 Å². The number of anilines is 2. The molecule has 0 aliphatic carbocycles. The van der Waals surface area contributed by atoms with Crippen LogP contribution in [0.2, 0.25) is 0 Å². The van der Waals surface area contributed by atoms with E-state index in [1.54, 1.807) is 30.3 Å². The summed E-state index contributed by atoms with van der Waals surface area (Å²) >= 11 is 0. The first-order chi connectivity index (χ1) is 15.5. The summed E-state index contributed by atoms with van der Waals surface area (Å²) in [6.45, 7) is -0.161. The summed E-state index contributed by atoms with van der Waals surface area (Å²) in [5, 5.41) is 2.77. The summed E-state index contributed by atoms with van der Waals surface area (Å²) < 4.78 is 4.67. The summed E-state index contributed by atoms with van der Waals surface area (Å²) in [5.74, 6) is -1.03. The molecule has 0 saturated carbocycles. The third-order valence-electron chi connectivity index (χ3n) is 5.05. The Morgan fingerprint density at radius 3 is 2.38 bits per heavy atom. The molecule has 0 saturated heterocycles. The van der Waals surface area contributed by atoms with E-state index in [-0.39, 0.29) is 24.8 Å². The number of esters is 1. The lowest BCUT2D eigenvalue weighted by atomic mass is 10.1. The minimum absolute atomic E-state index is 0.0831. The summed E-state index contributed by atoms with van der Waals surface area (Å²) in [5.41, 5.74) is 3.64.